The molecule has 1 unspecified atom stereocenters. The fourth-order valence-electron chi connectivity index (χ4n) is 3.09. The molecule has 0 aromatic carbocycles. The van der Waals surface area contributed by atoms with E-state index in [0.717, 1.165) is 24.1 Å². The highest BCUT2D eigenvalue weighted by atomic mass is 16.5. The molecule has 2 aliphatic rings. The number of hydrazine groups is 1. The highest BCUT2D eigenvalue weighted by Crippen LogP contribution is 2.20. The van der Waals surface area contributed by atoms with Gasteiger partial charge in [0.15, 0.2) is 0 Å². The summed E-state index contributed by atoms with van der Waals surface area (Å²) in [6.45, 7) is 3.04. The Hall–Kier alpha value is -2.85. The van der Waals surface area contributed by atoms with Crippen molar-refractivity contribution in [2.24, 2.45) is 11.6 Å². The number of fused-ring (bicyclic) bond motifs is 1. The van der Waals surface area contributed by atoms with Crippen molar-refractivity contribution in [3.05, 3.63) is 35.8 Å². The van der Waals surface area contributed by atoms with Crippen LogP contribution in [-0.2, 0) is 20.9 Å². The molecule has 0 aliphatic carbocycles. The SMILES string of the molecule is N/C(=C\N(N)Cc1ccc(N2CCN3C(=O)COCC3C2)nc1)C(=O)O. The molecular weight excluding hydrogens is 340 g/mol. The predicted molar refractivity (Wildman–Crippen MR) is 92.4 cm³/mol. The number of carboxylic acid groups (broad SMARTS) is 1. The maximum Gasteiger partial charge on any atom is 0.353 e. The van der Waals surface area contributed by atoms with Crippen molar-refractivity contribution in [1.82, 2.24) is 14.9 Å². The number of carbonyl (C=O) groups excluding carboxylic acids is 1. The lowest BCUT2D eigenvalue weighted by Gasteiger charge is -2.44. The summed E-state index contributed by atoms with van der Waals surface area (Å²) in [6, 6.07) is 3.81. The maximum atomic E-state index is 11.8. The zero-order valence-electron chi connectivity index (χ0n) is 14.2. The first-order chi connectivity index (χ1) is 12.4. The van der Waals surface area contributed by atoms with Crippen LogP contribution < -0.4 is 16.5 Å². The monoisotopic (exact) mass is 362 g/mol. The van der Waals surface area contributed by atoms with Gasteiger partial charge in [-0.3, -0.25) is 4.79 Å². The van der Waals surface area contributed by atoms with E-state index in [1.165, 1.54) is 5.01 Å². The minimum atomic E-state index is -1.22. The number of rotatable bonds is 5. The lowest BCUT2D eigenvalue weighted by molar-refractivity contribution is -0.148. The molecule has 2 aliphatic heterocycles. The van der Waals surface area contributed by atoms with Crippen molar-refractivity contribution < 1.29 is 19.4 Å². The second-order valence-corrected chi connectivity index (χ2v) is 6.29. The van der Waals surface area contributed by atoms with Crippen LogP contribution in [0.25, 0.3) is 0 Å². The summed E-state index contributed by atoms with van der Waals surface area (Å²) in [7, 11) is 0. The molecule has 0 saturated carbocycles. The van der Waals surface area contributed by atoms with Gasteiger partial charge in [0.2, 0.25) is 5.91 Å². The summed E-state index contributed by atoms with van der Waals surface area (Å²) in [6.07, 6.45) is 2.85. The number of anilines is 1. The lowest BCUT2D eigenvalue weighted by atomic mass is 10.1. The van der Waals surface area contributed by atoms with Crippen LogP contribution in [0, 0.1) is 0 Å². The molecule has 5 N–H and O–H groups in total. The Bertz CT molecular complexity index is 707. The largest absolute Gasteiger partial charge is 0.477 e. The molecule has 1 aromatic rings. The predicted octanol–water partition coefficient (Wildman–Crippen LogP) is -1.31. The Morgan fingerprint density at radius 3 is 2.96 bits per heavy atom. The molecular formula is C16H22N6O4. The number of ether oxygens (including phenoxy) is 1. The number of carbonyl (C=O) groups is 2. The number of piperazine rings is 1. The van der Waals surface area contributed by atoms with Gasteiger partial charge < -0.3 is 30.4 Å². The number of nitrogens with zero attached hydrogens (tertiary/aromatic N) is 4. The summed E-state index contributed by atoms with van der Waals surface area (Å²) in [4.78, 5) is 31.0. The van der Waals surface area contributed by atoms with Crippen molar-refractivity contribution >= 4 is 17.7 Å². The van der Waals surface area contributed by atoms with Gasteiger partial charge in [-0.2, -0.15) is 0 Å². The Balaban J connectivity index is 1.60. The van der Waals surface area contributed by atoms with Gasteiger partial charge in [0, 0.05) is 32.0 Å². The first kappa shape index (κ1) is 18.0. The molecule has 2 fully saturated rings. The average molecular weight is 362 g/mol. The molecule has 3 rings (SSSR count). The summed E-state index contributed by atoms with van der Waals surface area (Å²) in [5, 5.41) is 9.95. The average Bonchev–Trinajstić information content (AvgIpc) is 2.62. The van der Waals surface area contributed by atoms with Gasteiger partial charge in [-0.15, -0.1) is 0 Å². The standard InChI is InChI=1S/C16H22N6O4/c17-13(16(24)25)8-21(18)6-11-1-2-14(19-5-11)20-3-4-22-12(7-20)9-26-10-15(22)23/h1-2,5,8,12H,3-4,6-7,9-10,17-18H2,(H,24,25)/b13-8-. The van der Waals surface area contributed by atoms with E-state index in [9.17, 15) is 9.59 Å². The Labute approximate surface area is 150 Å². The number of nitrogens with two attached hydrogens (primary N) is 2. The molecule has 1 atom stereocenters. The number of hydrogen-bond donors (Lipinski definition) is 3. The molecule has 0 spiro atoms. The van der Waals surface area contributed by atoms with Crippen LogP contribution in [0.5, 0.6) is 0 Å². The van der Waals surface area contributed by atoms with Crippen LogP contribution in [0.2, 0.25) is 0 Å². The van der Waals surface area contributed by atoms with E-state index in [2.05, 4.69) is 9.88 Å². The summed E-state index contributed by atoms with van der Waals surface area (Å²) >= 11 is 0. The van der Waals surface area contributed by atoms with Crippen molar-refractivity contribution in [3.8, 4) is 0 Å². The Morgan fingerprint density at radius 1 is 1.46 bits per heavy atom. The number of aromatic nitrogens is 1. The van der Waals surface area contributed by atoms with E-state index >= 15 is 0 Å². The van der Waals surface area contributed by atoms with Crippen LogP contribution in [-0.4, -0.2) is 70.8 Å². The molecule has 3 heterocycles. The molecule has 1 aromatic heterocycles. The second-order valence-electron chi connectivity index (χ2n) is 6.29. The summed E-state index contributed by atoms with van der Waals surface area (Å²) < 4.78 is 5.33. The van der Waals surface area contributed by atoms with Crippen LogP contribution in [0.4, 0.5) is 5.82 Å². The second kappa shape index (κ2) is 7.58. The molecule has 1 amide bonds. The number of hydrogen-bond acceptors (Lipinski definition) is 8. The van der Waals surface area contributed by atoms with E-state index in [1.54, 1.807) is 6.20 Å². The third kappa shape index (κ3) is 4.03. The summed E-state index contributed by atoms with van der Waals surface area (Å²) in [5.74, 6) is 5.37. The number of carboxylic acids is 1. The van der Waals surface area contributed by atoms with Crippen LogP contribution in [0.3, 0.4) is 0 Å². The smallest absolute Gasteiger partial charge is 0.353 e. The minimum Gasteiger partial charge on any atom is -0.477 e. The Morgan fingerprint density at radius 2 is 2.27 bits per heavy atom. The number of amides is 1. The van der Waals surface area contributed by atoms with Gasteiger partial charge in [-0.05, 0) is 11.6 Å². The Kier molecular flexibility index (Phi) is 5.24. The van der Waals surface area contributed by atoms with E-state index in [-0.39, 0.29) is 30.8 Å². The van der Waals surface area contributed by atoms with E-state index in [0.29, 0.717) is 19.7 Å². The molecule has 10 nitrogen and oxygen atoms in total. The van der Waals surface area contributed by atoms with Gasteiger partial charge in [-0.1, -0.05) is 6.07 Å². The van der Waals surface area contributed by atoms with Gasteiger partial charge >= 0.3 is 5.97 Å². The number of morpholine rings is 1. The van der Waals surface area contributed by atoms with Crippen LogP contribution in [0.1, 0.15) is 5.56 Å². The zero-order valence-corrected chi connectivity index (χ0v) is 14.2. The first-order valence-electron chi connectivity index (χ1n) is 8.23. The zero-order chi connectivity index (χ0) is 18.7. The lowest BCUT2D eigenvalue weighted by Crippen LogP contribution is -2.60. The van der Waals surface area contributed by atoms with Crippen LogP contribution >= 0.6 is 0 Å². The highest BCUT2D eigenvalue weighted by molar-refractivity contribution is 5.85. The fraction of sp³-hybridized carbons (Fsp3) is 0.438. The van der Waals surface area contributed by atoms with Gasteiger partial charge in [0.25, 0.3) is 0 Å². The molecule has 10 heteroatoms. The normalized spacial score (nSPS) is 20.7. The van der Waals surface area contributed by atoms with Crippen LogP contribution in [0.15, 0.2) is 30.2 Å². The quantitative estimate of drug-likeness (QED) is 0.331. The van der Waals surface area contributed by atoms with Crippen molar-refractivity contribution in [2.75, 3.05) is 37.7 Å². The highest BCUT2D eigenvalue weighted by Gasteiger charge is 2.34. The van der Waals surface area contributed by atoms with Crippen molar-refractivity contribution in [2.45, 2.75) is 12.6 Å². The van der Waals surface area contributed by atoms with Gasteiger partial charge in [0.05, 0.1) is 19.2 Å². The molecule has 26 heavy (non-hydrogen) atoms. The minimum absolute atomic E-state index is 0.0425. The molecule has 0 radical (unpaired) electrons. The topological polar surface area (TPSA) is 138 Å². The fourth-order valence-corrected chi connectivity index (χ4v) is 3.09. The third-order valence-corrected chi connectivity index (χ3v) is 4.39. The molecule has 2 saturated heterocycles. The molecule has 140 valence electrons. The third-order valence-electron chi connectivity index (χ3n) is 4.39. The maximum absolute atomic E-state index is 11.8. The van der Waals surface area contributed by atoms with E-state index in [1.807, 2.05) is 17.0 Å². The van der Waals surface area contributed by atoms with E-state index < -0.39 is 5.97 Å². The van der Waals surface area contributed by atoms with Gasteiger partial charge in [0.1, 0.15) is 18.1 Å². The number of aliphatic carboxylic acids is 1. The molecule has 0 bridgehead atoms. The van der Waals surface area contributed by atoms with Crippen molar-refractivity contribution in [3.63, 3.8) is 0 Å². The van der Waals surface area contributed by atoms with E-state index in [4.69, 9.17) is 21.4 Å². The number of pyridine rings is 1. The van der Waals surface area contributed by atoms with Crippen molar-refractivity contribution in [1.29, 1.82) is 0 Å². The summed E-state index contributed by atoms with van der Waals surface area (Å²) in [5.41, 5.74) is 5.82. The van der Waals surface area contributed by atoms with Gasteiger partial charge in [-0.25, -0.2) is 15.6 Å². The first-order valence-corrected chi connectivity index (χ1v) is 8.23.